The minimum Gasteiger partial charge on any atom is -0.338 e. The van der Waals surface area contributed by atoms with Gasteiger partial charge in [0.1, 0.15) is 11.4 Å². The molecule has 1 N–H and O–H groups in total. The van der Waals surface area contributed by atoms with Crippen molar-refractivity contribution in [3.63, 3.8) is 0 Å². The standard InChI is InChI=1S/C19H21N7O2S/c1-24-17-15(11-22-24)18(21-13-20-17)29-12-16(27)25-7-9-26(10-8-25)19(28)23-14-5-3-2-4-6-14/h2-6,11,13H,7-10,12H2,1H3,(H,23,28). The fourth-order valence-electron chi connectivity index (χ4n) is 3.16. The van der Waals surface area contributed by atoms with Crippen LogP contribution in [0.1, 0.15) is 0 Å². The number of carbonyl (C=O) groups excluding carboxylic acids is 2. The summed E-state index contributed by atoms with van der Waals surface area (Å²) in [6, 6.07) is 9.21. The van der Waals surface area contributed by atoms with Crippen molar-refractivity contribution in [3.8, 4) is 0 Å². The predicted molar refractivity (Wildman–Crippen MR) is 111 cm³/mol. The maximum absolute atomic E-state index is 12.6. The Morgan fingerprint density at radius 3 is 2.55 bits per heavy atom. The van der Waals surface area contributed by atoms with Gasteiger partial charge in [-0.05, 0) is 12.1 Å². The Kier molecular flexibility index (Phi) is 5.61. The molecule has 4 rings (SSSR count). The van der Waals surface area contributed by atoms with Crippen molar-refractivity contribution in [1.29, 1.82) is 0 Å². The van der Waals surface area contributed by atoms with Crippen molar-refractivity contribution >= 4 is 40.4 Å². The van der Waals surface area contributed by atoms with E-state index in [4.69, 9.17) is 0 Å². The second kappa shape index (κ2) is 8.48. The van der Waals surface area contributed by atoms with E-state index in [0.29, 0.717) is 26.2 Å². The number of thioether (sulfide) groups is 1. The molecule has 3 amide bonds. The summed E-state index contributed by atoms with van der Waals surface area (Å²) < 4.78 is 1.68. The van der Waals surface area contributed by atoms with Crippen LogP contribution in [-0.4, -0.2) is 73.4 Å². The molecule has 3 heterocycles. The van der Waals surface area contributed by atoms with E-state index < -0.39 is 0 Å². The van der Waals surface area contributed by atoms with Crippen LogP contribution in [0.5, 0.6) is 0 Å². The Bertz CT molecular complexity index is 1020. The molecule has 0 aliphatic carbocycles. The van der Waals surface area contributed by atoms with Crippen LogP contribution in [0, 0.1) is 0 Å². The zero-order chi connectivity index (χ0) is 20.2. The number of nitrogens with one attached hydrogen (secondary N) is 1. The maximum Gasteiger partial charge on any atom is 0.321 e. The summed E-state index contributed by atoms with van der Waals surface area (Å²) in [7, 11) is 1.82. The number of anilines is 1. The molecule has 29 heavy (non-hydrogen) atoms. The molecule has 10 heteroatoms. The van der Waals surface area contributed by atoms with Crippen molar-refractivity contribution in [3.05, 3.63) is 42.9 Å². The highest BCUT2D eigenvalue weighted by Crippen LogP contribution is 2.24. The lowest BCUT2D eigenvalue weighted by Gasteiger charge is -2.34. The molecule has 0 saturated carbocycles. The highest BCUT2D eigenvalue weighted by molar-refractivity contribution is 8.00. The first-order chi connectivity index (χ1) is 14.1. The molecule has 150 valence electrons. The SMILES string of the molecule is Cn1ncc2c(SCC(=O)N3CCN(C(=O)Nc4ccccc4)CC3)ncnc21. The van der Waals surface area contributed by atoms with Gasteiger partial charge in [-0.1, -0.05) is 30.0 Å². The van der Waals surface area contributed by atoms with E-state index >= 15 is 0 Å². The molecule has 0 atom stereocenters. The highest BCUT2D eigenvalue weighted by Gasteiger charge is 2.24. The van der Waals surface area contributed by atoms with E-state index in [2.05, 4.69) is 20.4 Å². The van der Waals surface area contributed by atoms with Crippen molar-refractivity contribution in [2.75, 3.05) is 37.2 Å². The molecular formula is C19H21N7O2S. The van der Waals surface area contributed by atoms with Crippen LogP contribution >= 0.6 is 11.8 Å². The molecule has 1 saturated heterocycles. The van der Waals surface area contributed by atoms with E-state index in [0.717, 1.165) is 21.7 Å². The Hall–Kier alpha value is -3.14. The average Bonchev–Trinajstić information content (AvgIpc) is 3.14. The van der Waals surface area contributed by atoms with Gasteiger partial charge in [-0.15, -0.1) is 0 Å². The Morgan fingerprint density at radius 2 is 1.79 bits per heavy atom. The normalized spacial score (nSPS) is 14.2. The number of aryl methyl sites for hydroxylation is 1. The van der Waals surface area contributed by atoms with Gasteiger partial charge in [-0.2, -0.15) is 5.10 Å². The summed E-state index contributed by atoms with van der Waals surface area (Å²) in [6.45, 7) is 2.06. The van der Waals surface area contributed by atoms with Crippen molar-refractivity contribution in [2.24, 2.45) is 7.05 Å². The number of fused-ring (bicyclic) bond motifs is 1. The van der Waals surface area contributed by atoms with Crippen LogP contribution in [0.25, 0.3) is 11.0 Å². The third kappa shape index (κ3) is 4.32. The van der Waals surface area contributed by atoms with Crippen LogP contribution < -0.4 is 5.32 Å². The molecule has 0 bridgehead atoms. The highest BCUT2D eigenvalue weighted by atomic mass is 32.2. The van der Waals surface area contributed by atoms with Crippen LogP contribution in [0.3, 0.4) is 0 Å². The monoisotopic (exact) mass is 411 g/mol. The maximum atomic E-state index is 12.6. The van der Waals surface area contributed by atoms with Gasteiger partial charge in [-0.3, -0.25) is 9.48 Å². The second-order valence-electron chi connectivity index (χ2n) is 6.64. The van der Waals surface area contributed by atoms with Crippen LogP contribution in [0.15, 0.2) is 47.9 Å². The lowest BCUT2D eigenvalue weighted by atomic mass is 10.3. The minimum atomic E-state index is -0.141. The third-order valence-electron chi connectivity index (χ3n) is 4.77. The average molecular weight is 411 g/mol. The number of hydrogen-bond donors (Lipinski definition) is 1. The largest absolute Gasteiger partial charge is 0.338 e. The van der Waals surface area contributed by atoms with Crippen LogP contribution in [-0.2, 0) is 11.8 Å². The Balaban J connectivity index is 1.28. The molecule has 1 aliphatic heterocycles. The van der Waals surface area contributed by atoms with Crippen molar-refractivity contribution in [1.82, 2.24) is 29.5 Å². The second-order valence-corrected chi connectivity index (χ2v) is 7.60. The summed E-state index contributed by atoms with van der Waals surface area (Å²) in [5, 5.41) is 8.66. The summed E-state index contributed by atoms with van der Waals surface area (Å²) in [4.78, 5) is 37.0. The topological polar surface area (TPSA) is 96.2 Å². The first kappa shape index (κ1) is 19.2. The fourth-order valence-corrected chi connectivity index (χ4v) is 4.02. The van der Waals surface area contributed by atoms with Crippen LogP contribution in [0.2, 0.25) is 0 Å². The number of piperazine rings is 1. The van der Waals surface area contributed by atoms with Gasteiger partial charge >= 0.3 is 6.03 Å². The number of para-hydroxylation sites is 1. The summed E-state index contributed by atoms with van der Waals surface area (Å²) in [6.07, 6.45) is 3.20. The van der Waals surface area contributed by atoms with Gasteiger partial charge in [0.05, 0.1) is 17.3 Å². The molecule has 9 nitrogen and oxygen atoms in total. The van der Waals surface area contributed by atoms with E-state index in [1.807, 2.05) is 37.4 Å². The zero-order valence-electron chi connectivity index (χ0n) is 16.0. The number of urea groups is 1. The van der Waals surface area contributed by atoms with Crippen LogP contribution in [0.4, 0.5) is 10.5 Å². The molecular weight excluding hydrogens is 390 g/mol. The first-order valence-corrected chi connectivity index (χ1v) is 10.2. The smallest absolute Gasteiger partial charge is 0.321 e. The molecule has 1 fully saturated rings. The number of benzene rings is 1. The van der Waals surface area contributed by atoms with E-state index in [1.165, 1.54) is 18.1 Å². The summed E-state index contributed by atoms with van der Waals surface area (Å²) >= 11 is 1.39. The molecule has 1 aromatic carbocycles. The number of nitrogens with zero attached hydrogens (tertiary/aromatic N) is 6. The first-order valence-electron chi connectivity index (χ1n) is 9.26. The summed E-state index contributed by atoms with van der Waals surface area (Å²) in [5.74, 6) is 0.325. The molecule has 0 radical (unpaired) electrons. The van der Waals surface area contributed by atoms with Gasteiger partial charge in [-0.25, -0.2) is 14.8 Å². The number of amides is 3. The van der Waals surface area contributed by atoms with Gasteiger partial charge in [0.15, 0.2) is 5.65 Å². The van der Waals surface area contributed by atoms with E-state index in [1.54, 1.807) is 20.7 Å². The molecule has 0 spiro atoms. The predicted octanol–water partition coefficient (Wildman–Crippen LogP) is 1.83. The van der Waals surface area contributed by atoms with Crippen molar-refractivity contribution < 1.29 is 9.59 Å². The van der Waals surface area contributed by atoms with Gasteiger partial charge in [0, 0.05) is 38.9 Å². The molecule has 3 aromatic rings. The lowest BCUT2D eigenvalue weighted by molar-refractivity contribution is -0.129. The summed E-state index contributed by atoms with van der Waals surface area (Å²) in [5.41, 5.74) is 1.51. The third-order valence-corrected chi connectivity index (χ3v) is 5.76. The Labute approximate surface area is 172 Å². The van der Waals surface area contributed by atoms with Gasteiger partial charge in [0.2, 0.25) is 5.91 Å². The number of hydrogen-bond acceptors (Lipinski definition) is 6. The molecule has 2 aromatic heterocycles. The Morgan fingerprint density at radius 1 is 1.07 bits per heavy atom. The number of rotatable bonds is 4. The zero-order valence-corrected chi connectivity index (χ0v) is 16.8. The minimum absolute atomic E-state index is 0.0359. The quantitative estimate of drug-likeness (QED) is 0.520. The number of aromatic nitrogens is 4. The lowest BCUT2D eigenvalue weighted by Crippen LogP contribution is -2.52. The number of carbonyl (C=O) groups is 2. The van der Waals surface area contributed by atoms with E-state index in [-0.39, 0.29) is 17.7 Å². The van der Waals surface area contributed by atoms with Gasteiger partial charge in [0.25, 0.3) is 0 Å². The van der Waals surface area contributed by atoms with Crippen molar-refractivity contribution in [2.45, 2.75) is 5.03 Å². The van der Waals surface area contributed by atoms with E-state index in [9.17, 15) is 9.59 Å². The molecule has 0 unspecified atom stereocenters. The molecule has 1 aliphatic rings. The van der Waals surface area contributed by atoms with Gasteiger partial charge < -0.3 is 15.1 Å². The fraction of sp³-hybridized carbons (Fsp3) is 0.316.